The van der Waals surface area contributed by atoms with Crippen molar-refractivity contribution < 1.29 is 81.2 Å². The van der Waals surface area contributed by atoms with E-state index in [0.717, 1.165) is 0 Å². The van der Waals surface area contributed by atoms with Crippen LogP contribution >= 0.6 is 15.6 Å². The number of nitrogens with one attached hydrogen (secondary N) is 4. The van der Waals surface area contributed by atoms with Gasteiger partial charge < -0.3 is 81.6 Å². The van der Waals surface area contributed by atoms with Crippen LogP contribution in [-0.2, 0) is 46.2 Å². The Hall–Kier alpha value is -6.51. The van der Waals surface area contributed by atoms with Gasteiger partial charge in [0.2, 0.25) is 5.95 Å². The largest absolute Gasteiger partial charge is 0.472 e. The predicted octanol–water partition coefficient (Wildman–Crippen LogP) is -3.76. The molecule has 2 amide bonds. The van der Waals surface area contributed by atoms with Gasteiger partial charge in [0.05, 0.1) is 63.7 Å². The first kappa shape index (κ1) is 56.2. The number of nitrogen functional groups attached to an aromatic ring is 1. The van der Waals surface area contributed by atoms with Crippen molar-refractivity contribution in [3.63, 3.8) is 0 Å². The van der Waals surface area contributed by atoms with E-state index >= 15 is 0 Å². The summed E-state index contributed by atoms with van der Waals surface area (Å²) in [5.74, 6) is 0.143. The zero-order valence-electron chi connectivity index (χ0n) is 40.8. The molecule has 0 saturated carbocycles. The number of aromatic nitrogens is 12. The number of hydrogen-bond donors (Lipinski definition) is 13. The van der Waals surface area contributed by atoms with E-state index in [1.165, 1.54) is 32.7 Å². The van der Waals surface area contributed by atoms with Crippen LogP contribution in [0.3, 0.4) is 0 Å². The van der Waals surface area contributed by atoms with Gasteiger partial charge in [-0.1, -0.05) is 0 Å². The van der Waals surface area contributed by atoms with Gasteiger partial charge in [-0.3, -0.25) is 51.2 Å². The second-order valence-electron chi connectivity index (χ2n) is 18.1. The van der Waals surface area contributed by atoms with Crippen LogP contribution in [0.2, 0.25) is 0 Å². The van der Waals surface area contributed by atoms with Gasteiger partial charge in [-0.25, -0.2) is 38.8 Å². The second kappa shape index (κ2) is 22.7. The van der Waals surface area contributed by atoms with E-state index in [0.29, 0.717) is 11.6 Å². The lowest BCUT2D eigenvalue weighted by atomic mass is 10.2. The molecule has 4 aliphatic rings. The van der Waals surface area contributed by atoms with E-state index < -0.39 is 144 Å². The van der Waals surface area contributed by atoms with E-state index in [9.17, 15) is 58.5 Å². The number of H-pyrrole nitrogens is 3. The maximum atomic E-state index is 12.6. The number of aliphatic imine (C=N–C) groups is 1. The first-order valence-corrected chi connectivity index (χ1v) is 26.5. The van der Waals surface area contributed by atoms with Gasteiger partial charge in [0.15, 0.2) is 39.5 Å². The number of nitrogens with two attached hydrogens (primary N) is 3. The number of carbonyl (C=O) groups excluding carboxylic acids is 1. The number of ether oxygens (including phenoxy) is 4. The number of amides is 2. The molecule has 4 saturated heterocycles. The highest BCUT2D eigenvalue weighted by Crippen LogP contribution is 2.48. The van der Waals surface area contributed by atoms with Crippen LogP contribution in [-0.4, -0.2) is 182 Å². The Morgan fingerprint density at radius 2 is 1.09 bits per heavy atom. The number of aliphatic hydroxyl groups is 4. The molecule has 6 aromatic heterocycles. The van der Waals surface area contributed by atoms with Crippen LogP contribution in [0.15, 0.2) is 38.4 Å². The summed E-state index contributed by atoms with van der Waals surface area (Å²) in [6.45, 7) is 1.11. The maximum absolute atomic E-state index is 12.6. The Bertz CT molecular complexity index is 3370. The number of guanidine groups is 1. The number of hydrogen-bond acceptors (Lipinski definition) is 25. The van der Waals surface area contributed by atoms with Crippen LogP contribution in [0.5, 0.6) is 0 Å². The van der Waals surface area contributed by atoms with Gasteiger partial charge in [-0.2, -0.15) is 9.98 Å². The summed E-state index contributed by atoms with van der Waals surface area (Å²) in [5.41, 5.74) is 15.4. The molecule has 10 rings (SSSR count). The predicted molar refractivity (Wildman–Crippen MR) is 259 cm³/mol. The zero-order chi connectivity index (χ0) is 56.0. The molecule has 16 N–H and O–H groups in total. The molecular weight excluding hydrogens is 1090 g/mol. The summed E-state index contributed by atoms with van der Waals surface area (Å²) in [6, 6.07) is -0.909. The number of phosphoric ester groups is 2. The molecule has 0 radical (unpaired) electrons. The molecule has 6 aromatic rings. The Balaban J connectivity index is 0.000000191. The number of urea groups is 1. The lowest BCUT2D eigenvalue weighted by molar-refractivity contribution is -0.0559. The van der Waals surface area contributed by atoms with Crippen LogP contribution in [0.25, 0.3) is 33.5 Å². The fourth-order valence-corrected chi connectivity index (χ4v) is 10.6. The number of aryl methyl sites for hydroxylation is 2. The topological polar surface area (TPSA) is 540 Å². The van der Waals surface area contributed by atoms with Crippen molar-refractivity contribution in [2.75, 3.05) is 32.2 Å². The van der Waals surface area contributed by atoms with E-state index in [-0.39, 0.29) is 65.1 Å². The monoisotopic (exact) mass is 1140 g/mol. The molecule has 0 aliphatic carbocycles. The SMILES string of the molecule is Cc1nc2c(ncn2[C@H]2C[C@@H](O)[C@@H](COP(=O)(O)OC[C@H]3O[C@@H](n4cnc5c(=O)[nH]c(N)nc54)CC3O)O2)c(=O)[nH]1.Cc1nc2c(ncn2[C@H]2C[C@@H](O)[C@@H](COP(=O)(O)O[C@@H]3C[C@@H](NC(=O)N=C(N)N)O[C@@H]3CO)O2)c(=O)[nH]1. The number of rotatable bonds is 16. The molecule has 78 heavy (non-hydrogen) atoms. The fourth-order valence-electron chi connectivity index (χ4n) is 8.86. The smallest absolute Gasteiger partial charge is 0.394 e. The minimum absolute atomic E-state index is 0.0325. The Morgan fingerprint density at radius 1 is 0.679 bits per heavy atom. The highest BCUT2D eigenvalue weighted by molar-refractivity contribution is 7.47. The summed E-state index contributed by atoms with van der Waals surface area (Å²) in [7, 11) is -9.39. The van der Waals surface area contributed by atoms with Crippen molar-refractivity contribution >= 4 is 67.1 Å². The molecule has 10 heterocycles. The highest BCUT2D eigenvalue weighted by Gasteiger charge is 2.44. The number of nitrogens with zero attached hydrogens (tertiary/aromatic N) is 10. The Kier molecular flexibility index (Phi) is 16.4. The standard InChI is InChI=1S/C21H26N9O10P.C18H27N8O10P/c1-8-25-17-15(19(33)26-8)23-6-29(17)13-2-9(31)11(39-13)4-37-41(35,36)38-5-12-10(32)3-14(40-12)30-7-24-16-18(30)27-21(22)28-20(16)34;1-7-22-15-14(16(29)23-7)21-6-26(15)13-2-8(28)11(35-13)5-33-37(31,32)36-9-3-12(34-10(9)4-27)24-18(30)25-17(19)20/h6-7,9-14,31-32H,2-5H2,1H3,(H,35,36)(H,25,26,33)(H3,22,27,28,34);6,8-13,27-28H,2-5H2,1H3,(H,31,32)(H,22,23,29)(H5,19,20,24,25,30)/t9-,10?,11-,12-,13-,14-;8-,9-,10-,11-,12+,13-/m11/s1. The first-order chi connectivity index (χ1) is 36.9. The summed E-state index contributed by atoms with van der Waals surface area (Å²) in [6.07, 6.45) is -7.67. The zero-order valence-corrected chi connectivity index (χ0v) is 42.6. The van der Waals surface area contributed by atoms with Crippen LogP contribution in [0, 0.1) is 13.8 Å². The number of phosphoric acid groups is 2. The summed E-state index contributed by atoms with van der Waals surface area (Å²) in [5, 5.41) is 43.2. The third kappa shape index (κ3) is 12.5. The normalized spacial score (nSPS) is 28.7. The maximum Gasteiger partial charge on any atom is 0.472 e. The average Bonchev–Trinajstić information content (AvgIpc) is 4.36. The van der Waals surface area contributed by atoms with Crippen molar-refractivity contribution in [1.29, 1.82) is 0 Å². The number of imidazole rings is 3. The molecule has 14 atom stereocenters. The van der Waals surface area contributed by atoms with Gasteiger partial charge in [0.1, 0.15) is 67.1 Å². The summed E-state index contributed by atoms with van der Waals surface area (Å²) in [4.78, 5) is 104. The van der Waals surface area contributed by atoms with Crippen LogP contribution in [0.1, 0.15) is 56.0 Å². The van der Waals surface area contributed by atoms with Gasteiger partial charge in [0, 0.05) is 25.7 Å². The van der Waals surface area contributed by atoms with E-state index in [2.05, 4.69) is 55.2 Å². The molecule has 39 heteroatoms. The van der Waals surface area contributed by atoms with Crippen molar-refractivity contribution in [2.24, 2.45) is 16.5 Å². The van der Waals surface area contributed by atoms with Crippen LogP contribution < -0.4 is 39.2 Å². The van der Waals surface area contributed by atoms with Crippen molar-refractivity contribution in [1.82, 2.24) is 63.9 Å². The van der Waals surface area contributed by atoms with Crippen molar-refractivity contribution in [3.05, 3.63) is 61.7 Å². The lowest BCUT2D eigenvalue weighted by Crippen LogP contribution is -2.35. The van der Waals surface area contributed by atoms with Crippen molar-refractivity contribution in [2.45, 2.75) is 113 Å². The molecule has 424 valence electrons. The van der Waals surface area contributed by atoms with Gasteiger partial charge in [0.25, 0.3) is 16.7 Å². The molecule has 0 bridgehead atoms. The molecular formula is C39H53N17O20P2. The number of fused-ring (bicyclic) bond motifs is 3. The minimum atomic E-state index is -4.73. The Labute approximate surface area is 434 Å². The number of carbonyl (C=O) groups is 1. The highest BCUT2D eigenvalue weighted by atomic mass is 31.2. The number of aliphatic hydroxyl groups excluding tert-OH is 4. The third-order valence-electron chi connectivity index (χ3n) is 12.5. The summed E-state index contributed by atoms with van der Waals surface area (Å²) < 4.78 is 72.5. The second-order valence-corrected chi connectivity index (χ2v) is 20.9. The molecule has 3 unspecified atom stereocenters. The summed E-state index contributed by atoms with van der Waals surface area (Å²) >= 11 is 0. The molecule has 0 spiro atoms. The average molecular weight is 1140 g/mol. The van der Waals surface area contributed by atoms with E-state index in [1.54, 1.807) is 13.8 Å². The fraction of sp³-hybridized carbons (Fsp3) is 0.564. The molecule has 37 nitrogen and oxygen atoms in total. The minimum Gasteiger partial charge on any atom is -0.394 e. The van der Waals surface area contributed by atoms with Gasteiger partial charge in [-0.05, 0) is 13.8 Å². The van der Waals surface area contributed by atoms with Crippen LogP contribution in [0.4, 0.5) is 10.7 Å². The van der Waals surface area contributed by atoms with E-state index in [4.69, 9.17) is 54.2 Å². The van der Waals surface area contributed by atoms with E-state index in [1.807, 2.05) is 0 Å². The molecule has 0 aromatic carbocycles. The van der Waals surface area contributed by atoms with Crippen molar-refractivity contribution in [3.8, 4) is 0 Å². The van der Waals surface area contributed by atoms with Gasteiger partial charge >= 0.3 is 21.7 Å². The molecule has 4 fully saturated rings. The lowest BCUT2D eigenvalue weighted by Gasteiger charge is -2.21. The number of aromatic amines is 3. The Morgan fingerprint density at radius 3 is 1.51 bits per heavy atom. The quantitative estimate of drug-likeness (QED) is 0.0251. The van der Waals surface area contributed by atoms with Gasteiger partial charge in [-0.15, -0.1) is 0 Å². The first-order valence-electron chi connectivity index (χ1n) is 23.5. The third-order valence-corrected chi connectivity index (χ3v) is 14.4. The number of anilines is 1. The molecule has 4 aliphatic heterocycles.